The van der Waals surface area contributed by atoms with Crippen LogP contribution in [0.4, 0.5) is 11.4 Å². The molecule has 0 bridgehead atoms. The fourth-order valence-electron chi connectivity index (χ4n) is 3.87. The summed E-state index contributed by atoms with van der Waals surface area (Å²) >= 11 is 1.26. The fourth-order valence-corrected chi connectivity index (χ4v) is 4.67. The van der Waals surface area contributed by atoms with Gasteiger partial charge >= 0.3 is 0 Å². The van der Waals surface area contributed by atoms with Crippen LogP contribution in [-0.2, 0) is 9.59 Å². The van der Waals surface area contributed by atoms with Crippen molar-refractivity contribution in [3.63, 3.8) is 0 Å². The highest BCUT2D eigenvalue weighted by Gasteiger charge is 2.41. The van der Waals surface area contributed by atoms with Crippen LogP contribution in [0, 0.1) is 19.8 Å². The summed E-state index contributed by atoms with van der Waals surface area (Å²) in [7, 11) is 0. The lowest BCUT2D eigenvalue weighted by Crippen LogP contribution is -2.41. The van der Waals surface area contributed by atoms with Crippen molar-refractivity contribution in [2.24, 2.45) is 15.9 Å². The van der Waals surface area contributed by atoms with E-state index in [1.54, 1.807) is 4.90 Å². The number of nitrogens with one attached hydrogen (secondary N) is 1. The molecule has 1 atom stereocenters. The maximum atomic E-state index is 13.1. The zero-order chi connectivity index (χ0) is 22.1. The summed E-state index contributed by atoms with van der Waals surface area (Å²) in [5.74, 6) is 0.935. The number of para-hydroxylation sites is 1. The zero-order valence-corrected chi connectivity index (χ0v) is 19.0. The number of carbonyl (C=O) groups is 2. The number of hydrogen-bond acceptors (Lipinski definition) is 5. The molecule has 2 aliphatic heterocycles. The predicted molar refractivity (Wildman–Crippen MR) is 127 cm³/mol. The van der Waals surface area contributed by atoms with Crippen LogP contribution < -0.4 is 5.32 Å². The van der Waals surface area contributed by atoms with E-state index in [4.69, 9.17) is 4.99 Å². The molecule has 0 radical (unpaired) electrons. The Hall–Kier alpha value is -2.93. The molecule has 2 aliphatic rings. The highest BCUT2D eigenvalue weighted by molar-refractivity contribution is 8.14. The van der Waals surface area contributed by atoms with Crippen LogP contribution in [-0.4, -0.2) is 39.5 Å². The first-order valence-corrected chi connectivity index (χ1v) is 11.4. The van der Waals surface area contributed by atoms with Crippen LogP contribution >= 0.6 is 11.8 Å². The first-order valence-electron chi connectivity index (χ1n) is 10.4. The number of amidine groups is 2. The molecule has 0 unspecified atom stereocenters. The van der Waals surface area contributed by atoms with E-state index >= 15 is 0 Å². The van der Waals surface area contributed by atoms with Crippen LogP contribution in [0.1, 0.15) is 37.0 Å². The topological polar surface area (TPSA) is 74.1 Å². The Kier molecular flexibility index (Phi) is 5.96. The van der Waals surface area contributed by atoms with E-state index in [0.29, 0.717) is 23.3 Å². The Morgan fingerprint density at radius 3 is 2.58 bits per heavy atom. The molecule has 2 aromatic rings. The molecular formula is C24H26N4O2S. The number of benzene rings is 2. The second-order valence-corrected chi connectivity index (χ2v) is 9.34. The lowest BCUT2D eigenvalue weighted by molar-refractivity contribution is -0.125. The molecule has 31 heavy (non-hydrogen) atoms. The molecule has 0 fully saturated rings. The third-order valence-electron chi connectivity index (χ3n) is 5.08. The maximum Gasteiger partial charge on any atom is 0.259 e. The van der Waals surface area contributed by atoms with Crippen LogP contribution in [0.25, 0.3) is 0 Å². The Morgan fingerprint density at radius 1 is 1.16 bits per heavy atom. The maximum absolute atomic E-state index is 13.1. The minimum Gasteiger partial charge on any atom is -0.325 e. The molecule has 2 heterocycles. The third kappa shape index (κ3) is 4.56. The number of thioether (sulfide) groups is 1. The van der Waals surface area contributed by atoms with Crippen LogP contribution in [0.2, 0.25) is 0 Å². The molecule has 0 spiro atoms. The number of hydrogen-bond donors (Lipinski definition) is 1. The molecule has 7 heteroatoms. The smallest absolute Gasteiger partial charge is 0.259 e. The normalized spacial score (nSPS) is 17.3. The van der Waals surface area contributed by atoms with Gasteiger partial charge in [0.25, 0.3) is 5.91 Å². The van der Waals surface area contributed by atoms with Crippen molar-refractivity contribution in [1.29, 1.82) is 0 Å². The van der Waals surface area contributed by atoms with E-state index < -0.39 is 6.04 Å². The number of anilines is 1. The molecule has 0 aromatic heterocycles. The Bertz CT molecular complexity index is 1090. The van der Waals surface area contributed by atoms with Gasteiger partial charge in [0.2, 0.25) is 5.91 Å². The lowest BCUT2D eigenvalue weighted by Gasteiger charge is -2.25. The van der Waals surface area contributed by atoms with Crippen molar-refractivity contribution >= 4 is 46.0 Å². The molecular weight excluding hydrogens is 408 g/mol. The number of aliphatic imine (C=N–C) groups is 2. The van der Waals surface area contributed by atoms with Gasteiger partial charge in [-0.1, -0.05) is 43.8 Å². The van der Waals surface area contributed by atoms with Gasteiger partial charge in [-0.3, -0.25) is 14.6 Å². The first kappa shape index (κ1) is 21.3. The van der Waals surface area contributed by atoms with Gasteiger partial charge < -0.3 is 5.32 Å². The Labute approximate surface area is 186 Å². The summed E-state index contributed by atoms with van der Waals surface area (Å²) in [6, 6.07) is 13.2. The van der Waals surface area contributed by atoms with E-state index in [1.807, 2.05) is 50.2 Å². The van der Waals surface area contributed by atoms with Crippen LogP contribution in [0.5, 0.6) is 0 Å². The van der Waals surface area contributed by atoms with Gasteiger partial charge in [0.1, 0.15) is 11.9 Å². The quantitative estimate of drug-likeness (QED) is 0.742. The zero-order valence-electron chi connectivity index (χ0n) is 18.2. The van der Waals surface area contributed by atoms with Crippen molar-refractivity contribution in [1.82, 2.24) is 4.90 Å². The molecule has 2 aromatic carbocycles. The summed E-state index contributed by atoms with van der Waals surface area (Å²) in [5, 5.41) is 3.44. The third-order valence-corrected chi connectivity index (χ3v) is 6.02. The average Bonchev–Trinajstić information content (AvgIpc) is 3.01. The molecule has 6 nitrogen and oxygen atoms in total. The monoisotopic (exact) mass is 434 g/mol. The standard InChI is InChI=1S/C24H26N4O2S/c1-14(2)9-20-23(30)28-22(26-20)18-7-5-6-8-19(18)27-24(28)31-13-21(29)25-17-11-15(3)10-16(4)12-17/h5-8,10-12,14,20H,9,13H2,1-4H3,(H,25,29)/t20-/m0/s1. The van der Waals surface area contributed by atoms with Crippen LogP contribution in [0.15, 0.2) is 52.4 Å². The minimum atomic E-state index is -0.406. The number of amides is 2. The van der Waals surface area contributed by atoms with Crippen LogP contribution in [0.3, 0.4) is 0 Å². The van der Waals surface area contributed by atoms with Crippen molar-refractivity contribution in [3.8, 4) is 0 Å². The van der Waals surface area contributed by atoms with Gasteiger partial charge in [-0.2, -0.15) is 0 Å². The second kappa shape index (κ2) is 8.67. The lowest BCUT2D eigenvalue weighted by atomic mass is 10.0. The van der Waals surface area contributed by atoms with Gasteiger partial charge in [0.05, 0.1) is 11.4 Å². The van der Waals surface area contributed by atoms with Crippen molar-refractivity contribution in [2.45, 2.75) is 40.2 Å². The van der Waals surface area contributed by atoms with Gasteiger partial charge in [-0.15, -0.1) is 0 Å². The molecule has 0 saturated heterocycles. The molecule has 160 valence electrons. The van der Waals surface area contributed by atoms with E-state index in [1.165, 1.54) is 11.8 Å². The van der Waals surface area contributed by atoms with E-state index in [0.717, 1.165) is 28.1 Å². The Balaban J connectivity index is 1.54. The number of rotatable bonds is 5. The van der Waals surface area contributed by atoms with Crippen molar-refractivity contribution in [3.05, 3.63) is 59.2 Å². The number of nitrogens with zero attached hydrogens (tertiary/aromatic N) is 3. The summed E-state index contributed by atoms with van der Waals surface area (Å²) in [5.41, 5.74) is 4.58. The first-order chi connectivity index (χ1) is 14.8. The van der Waals surface area contributed by atoms with Gasteiger partial charge in [-0.05, 0) is 61.6 Å². The molecule has 4 rings (SSSR count). The van der Waals surface area contributed by atoms with Crippen molar-refractivity contribution in [2.75, 3.05) is 11.1 Å². The van der Waals surface area contributed by atoms with Gasteiger partial charge in [0.15, 0.2) is 5.17 Å². The van der Waals surface area contributed by atoms with Gasteiger partial charge in [0, 0.05) is 11.3 Å². The summed E-state index contributed by atoms with van der Waals surface area (Å²) < 4.78 is 0. The fraction of sp³-hybridized carbons (Fsp3) is 0.333. The molecule has 1 N–H and O–H groups in total. The number of aryl methyl sites for hydroxylation is 2. The molecule has 2 amide bonds. The number of carbonyl (C=O) groups excluding carboxylic acids is 2. The largest absolute Gasteiger partial charge is 0.325 e. The summed E-state index contributed by atoms with van der Waals surface area (Å²) in [4.78, 5) is 36.7. The summed E-state index contributed by atoms with van der Waals surface area (Å²) in [6.45, 7) is 8.16. The predicted octanol–water partition coefficient (Wildman–Crippen LogP) is 4.68. The van der Waals surface area contributed by atoms with Gasteiger partial charge in [-0.25, -0.2) is 9.89 Å². The highest BCUT2D eigenvalue weighted by atomic mass is 32.2. The average molecular weight is 435 g/mol. The highest BCUT2D eigenvalue weighted by Crippen LogP contribution is 2.34. The summed E-state index contributed by atoms with van der Waals surface area (Å²) in [6.07, 6.45) is 0.687. The van der Waals surface area contributed by atoms with Crippen molar-refractivity contribution < 1.29 is 9.59 Å². The molecule has 0 saturated carbocycles. The van der Waals surface area contributed by atoms with E-state index in [9.17, 15) is 9.59 Å². The number of fused-ring (bicyclic) bond motifs is 3. The Morgan fingerprint density at radius 2 is 1.87 bits per heavy atom. The van der Waals surface area contributed by atoms with E-state index in [2.05, 4.69) is 30.2 Å². The second-order valence-electron chi connectivity index (χ2n) is 8.40. The molecule has 0 aliphatic carbocycles. The minimum absolute atomic E-state index is 0.0702. The van der Waals surface area contributed by atoms with E-state index in [-0.39, 0.29) is 17.6 Å². The SMILES string of the molecule is Cc1cc(C)cc(NC(=O)CSC2=Nc3ccccc3C3=N[C@@H](CC(C)C)C(=O)N23)c1.